The second-order valence-electron chi connectivity index (χ2n) is 13.6. The summed E-state index contributed by atoms with van der Waals surface area (Å²) in [5, 5.41) is 17.6. The first-order valence-corrected chi connectivity index (χ1v) is 16.7. The van der Waals surface area contributed by atoms with Crippen LogP contribution in [-0.4, -0.2) is 77.8 Å². The average molecular weight is 646 g/mol. The number of hydrogen-bond donors (Lipinski definition) is 6. The third-order valence-corrected chi connectivity index (χ3v) is 7.80. The van der Waals surface area contributed by atoms with Gasteiger partial charge in [0.05, 0.1) is 6.04 Å². The third-order valence-electron chi connectivity index (χ3n) is 7.80. The lowest BCUT2D eigenvalue weighted by molar-refractivity contribution is -0.131. The van der Waals surface area contributed by atoms with Crippen molar-refractivity contribution in [2.24, 2.45) is 17.3 Å². The maximum Gasteiger partial charge on any atom is 0.252 e. The third kappa shape index (κ3) is 14.3. The summed E-state index contributed by atoms with van der Waals surface area (Å²) in [6.07, 6.45) is 5.34. The average Bonchev–Trinajstić information content (AvgIpc) is 2.99. The van der Waals surface area contributed by atoms with E-state index in [4.69, 9.17) is 0 Å². The first kappa shape index (κ1) is 40.5. The molecule has 12 nitrogen and oxygen atoms in total. The van der Waals surface area contributed by atoms with Gasteiger partial charge in [0.15, 0.2) is 0 Å². The quantitative estimate of drug-likeness (QED) is 0.134. The van der Waals surface area contributed by atoms with E-state index >= 15 is 0 Å². The van der Waals surface area contributed by atoms with E-state index in [2.05, 4.69) is 57.7 Å². The maximum atomic E-state index is 13.6. The van der Waals surface area contributed by atoms with E-state index < -0.39 is 30.1 Å². The minimum absolute atomic E-state index is 0.0924. The molecule has 0 radical (unpaired) electrons. The highest BCUT2D eigenvalue weighted by Crippen LogP contribution is 2.21. The van der Waals surface area contributed by atoms with Crippen LogP contribution in [0.5, 0.6) is 0 Å². The number of aromatic nitrogens is 1. The lowest BCUT2D eigenvalue weighted by Gasteiger charge is -2.31. The number of nitrogens with zero attached hydrogens (tertiary/aromatic N) is 1. The number of carbonyl (C=O) groups is 5. The van der Waals surface area contributed by atoms with Crippen LogP contribution in [0.15, 0.2) is 24.5 Å². The van der Waals surface area contributed by atoms with Gasteiger partial charge in [0.2, 0.25) is 23.6 Å². The Labute approximate surface area is 275 Å². The number of rotatable bonds is 19. The van der Waals surface area contributed by atoms with Crippen molar-refractivity contribution < 1.29 is 24.0 Å². The largest absolute Gasteiger partial charge is 0.355 e. The molecule has 0 aromatic carbocycles. The van der Waals surface area contributed by atoms with Crippen LogP contribution in [0.4, 0.5) is 0 Å². The molecule has 0 spiro atoms. The zero-order valence-corrected chi connectivity index (χ0v) is 29.6. The topological polar surface area (TPSA) is 170 Å². The van der Waals surface area contributed by atoms with Gasteiger partial charge in [-0.3, -0.25) is 29.0 Å². The van der Waals surface area contributed by atoms with Gasteiger partial charge >= 0.3 is 0 Å². The van der Waals surface area contributed by atoms with Crippen LogP contribution in [-0.2, 0) is 19.2 Å². The van der Waals surface area contributed by atoms with Gasteiger partial charge in [-0.1, -0.05) is 68.2 Å². The highest BCUT2D eigenvalue weighted by molar-refractivity contribution is 5.98. The molecule has 1 heterocycles. The summed E-state index contributed by atoms with van der Waals surface area (Å²) in [7, 11) is 0. The summed E-state index contributed by atoms with van der Waals surface area (Å²) < 4.78 is 0. The Hall–Kier alpha value is -3.54. The van der Waals surface area contributed by atoms with Crippen LogP contribution in [0, 0.1) is 17.3 Å². The Morgan fingerprint density at radius 1 is 0.783 bits per heavy atom. The molecular weight excluding hydrogens is 586 g/mol. The van der Waals surface area contributed by atoms with Crippen LogP contribution in [0.2, 0.25) is 0 Å². The van der Waals surface area contributed by atoms with Gasteiger partial charge in [-0.15, -0.1) is 0 Å². The minimum Gasteiger partial charge on any atom is -0.355 e. The Morgan fingerprint density at radius 2 is 1.41 bits per heavy atom. The van der Waals surface area contributed by atoms with Crippen molar-refractivity contribution in [3.8, 4) is 0 Å². The van der Waals surface area contributed by atoms with Crippen LogP contribution < -0.4 is 31.9 Å². The fourth-order valence-electron chi connectivity index (χ4n) is 4.97. The van der Waals surface area contributed by atoms with Crippen molar-refractivity contribution in [1.82, 2.24) is 36.9 Å². The number of carbonyl (C=O) groups excluding carboxylic acids is 5. The van der Waals surface area contributed by atoms with E-state index in [0.717, 1.165) is 0 Å². The normalized spacial score (nSPS) is 15.5. The molecule has 3 unspecified atom stereocenters. The molecule has 1 rings (SSSR count). The molecule has 0 aliphatic heterocycles. The molecule has 12 heteroatoms. The monoisotopic (exact) mass is 645 g/mol. The molecule has 0 saturated heterocycles. The first-order chi connectivity index (χ1) is 21.5. The van der Waals surface area contributed by atoms with Crippen molar-refractivity contribution >= 4 is 29.5 Å². The Balaban J connectivity index is 3.02. The zero-order chi connectivity index (χ0) is 35.0. The molecule has 0 bridgehead atoms. The molecule has 6 atom stereocenters. The summed E-state index contributed by atoms with van der Waals surface area (Å²) in [6.45, 7) is 20.0. The molecule has 0 fully saturated rings. The molecule has 0 saturated carbocycles. The standard InChI is InChI=1S/C34H59N7O5/c1-11-14-26(39-33(46)28(22(6)12-2)41-30(43)24-15-17-35-18-16-24)31(44)38-25(19-34(8,9)10)20-37-23(7)29(42)40-27(21(4)5)32(45)36-13-3/h15-18,21-23,25-28,37H,11-14,19-20H2,1-10H3,(H,36,45)(H,38,44)(H,39,46)(H,40,42)(H,41,43)/t22-,23-,25?,26-,27?,28?/m0/s1. The lowest BCUT2D eigenvalue weighted by atomic mass is 9.87. The van der Waals surface area contributed by atoms with Gasteiger partial charge in [0.25, 0.3) is 5.91 Å². The minimum atomic E-state index is -0.835. The summed E-state index contributed by atoms with van der Waals surface area (Å²) in [5.41, 5.74) is 0.248. The predicted octanol–water partition coefficient (Wildman–Crippen LogP) is 2.69. The molecule has 6 N–H and O–H groups in total. The highest BCUT2D eigenvalue weighted by Gasteiger charge is 2.32. The van der Waals surface area contributed by atoms with Crippen LogP contribution >= 0.6 is 0 Å². The summed E-state index contributed by atoms with van der Waals surface area (Å²) in [5.74, 6) is -1.95. The van der Waals surface area contributed by atoms with Crippen LogP contribution in [0.3, 0.4) is 0 Å². The Bertz CT molecular complexity index is 1120. The lowest BCUT2D eigenvalue weighted by Crippen LogP contribution is -2.58. The van der Waals surface area contributed by atoms with E-state index in [0.29, 0.717) is 44.3 Å². The number of pyridine rings is 1. The molecule has 0 aliphatic carbocycles. The van der Waals surface area contributed by atoms with E-state index in [1.165, 1.54) is 12.4 Å². The van der Waals surface area contributed by atoms with Gasteiger partial charge in [0, 0.05) is 37.1 Å². The van der Waals surface area contributed by atoms with Gasteiger partial charge in [-0.05, 0) is 56.1 Å². The van der Waals surface area contributed by atoms with Crippen molar-refractivity contribution in [3.63, 3.8) is 0 Å². The molecule has 260 valence electrons. The van der Waals surface area contributed by atoms with Crippen LogP contribution in [0.25, 0.3) is 0 Å². The van der Waals surface area contributed by atoms with Gasteiger partial charge in [-0.2, -0.15) is 0 Å². The Kier molecular flexibility index (Phi) is 17.5. The van der Waals surface area contributed by atoms with E-state index in [-0.39, 0.29) is 46.9 Å². The second kappa shape index (κ2) is 19.9. The molecular formula is C34H59N7O5. The number of nitrogens with one attached hydrogen (secondary N) is 6. The fourth-order valence-corrected chi connectivity index (χ4v) is 4.97. The zero-order valence-electron chi connectivity index (χ0n) is 29.6. The molecule has 5 amide bonds. The van der Waals surface area contributed by atoms with Gasteiger partial charge < -0.3 is 31.9 Å². The number of hydrogen-bond acceptors (Lipinski definition) is 7. The Morgan fingerprint density at radius 3 is 1.93 bits per heavy atom. The molecule has 46 heavy (non-hydrogen) atoms. The number of likely N-dealkylation sites (N-methyl/N-ethyl adjacent to an activating group) is 1. The molecule has 0 aliphatic rings. The van der Waals surface area contributed by atoms with Crippen molar-refractivity contribution in [1.29, 1.82) is 0 Å². The molecule has 1 aromatic rings. The van der Waals surface area contributed by atoms with Crippen molar-refractivity contribution in [2.45, 2.75) is 125 Å². The van der Waals surface area contributed by atoms with Crippen LogP contribution in [0.1, 0.15) is 105 Å². The van der Waals surface area contributed by atoms with E-state index in [1.807, 2.05) is 41.5 Å². The SMILES string of the molecule is CCC[C@H](NC(=O)C(NC(=O)c1ccncc1)[C@@H](C)CC)C(=O)NC(CN[C@@H](C)C(=O)NC(C(=O)NCC)C(C)C)CC(C)(C)C. The van der Waals surface area contributed by atoms with Crippen molar-refractivity contribution in [2.75, 3.05) is 13.1 Å². The van der Waals surface area contributed by atoms with Gasteiger partial charge in [0.1, 0.15) is 18.1 Å². The van der Waals surface area contributed by atoms with E-state index in [1.54, 1.807) is 19.1 Å². The summed E-state index contributed by atoms with van der Waals surface area (Å²) in [4.78, 5) is 69.4. The fraction of sp³-hybridized carbons (Fsp3) is 0.706. The van der Waals surface area contributed by atoms with Crippen molar-refractivity contribution in [3.05, 3.63) is 30.1 Å². The number of amides is 5. The van der Waals surface area contributed by atoms with E-state index in [9.17, 15) is 24.0 Å². The smallest absolute Gasteiger partial charge is 0.252 e. The summed E-state index contributed by atoms with van der Waals surface area (Å²) >= 11 is 0. The van der Waals surface area contributed by atoms with Gasteiger partial charge in [-0.25, -0.2) is 0 Å². The maximum absolute atomic E-state index is 13.6. The predicted molar refractivity (Wildman–Crippen MR) is 181 cm³/mol. The highest BCUT2D eigenvalue weighted by atomic mass is 16.2. The first-order valence-electron chi connectivity index (χ1n) is 16.7. The molecule has 1 aromatic heterocycles. The second-order valence-corrected chi connectivity index (χ2v) is 13.6. The summed E-state index contributed by atoms with van der Waals surface area (Å²) in [6, 6.07) is -0.121.